The first-order valence-electron chi connectivity index (χ1n) is 6.59. The summed E-state index contributed by atoms with van der Waals surface area (Å²) < 4.78 is 0. The predicted octanol–water partition coefficient (Wildman–Crippen LogP) is 0.783. The first kappa shape index (κ1) is 14.8. The van der Waals surface area contributed by atoms with Crippen LogP contribution < -0.4 is 16.0 Å². The van der Waals surface area contributed by atoms with Gasteiger partial charge in [-0.15, -0.1) is 0 Å². The molecule has 0 atom stereocenters. The first-order chi connectivity index (χ1) is 9.47. The second kappa shape index (κ2) is 6.23. The summed E-state index contributed by atoms with van der Waals surface area (Å²) in [5.74, 6) is 0.131. The van der Waals surface area contributed by atoms with Gasteiger partial charge in [-0.05, 0) is 14.0 Å². The molecule has 0 aromatic carbocycles. The Kier molecular flexibility index (Phi) is 4.61. The second-order valence-corrected chi connectivity index (χ2v) is 6.12. The van der Waals surface area contributed by atoms with Gasteiger partial charge in [-0.25, -0.2) is 4.98 Å². The highest BCUT2D eigenvalue weighted by Crippen LogP contribution is 2.28. The summed E-state index contributed by atoms with van der Waals surface area (Å²) in [6.07, 6.45) is 0. The Balaban J connectivity index is 2.05. The molecule has 7 heteroatoms. The van der Waals surface area contributed by atoms with Gasteiger partial charge in [0.2, 0.25) is 0 Å². The topological polar surface area (TPSA) is 74.5 Å². The average molecular weight is 295 g/mol. The van der Waals surface area contributed by atoms with Gasteiger partial charge in [0.1, 0.15) is 10.7 Å². The summed E-state index contributed by atoms with van der Waals surface area (Å²) in [5, 5.41) is 3.62. The van der Waals surface area contributed by atoms with Crippen molar-refractivity contribution < 1.29 is 4.79 Å². The van der Waals surface area contributed by atoms with Crippen molar-refractivity contribution in [3.8, 4) is 0 Å². The number of nitrogens with two attached hydrogens (primary N) is 1. The summed E-state index contributed by atoms with van der Waals surface area (Å²) in [6.45, 7) is 9.90. The molecule has 1 aromatic heterocycles. The van der Waals surface area contributed by atoms with Crippen LogP contribution in [0.5, 0.6) is 0 Å². The number of hydrogen-bond acceptors (Lipinski definition) is 6. The molecule has 1 saturated heterocycles. The highest BCUT2D eigenvalue weighted by molar-refractivity contribution is 7.18. The van der Waals surface area contributed by atoms with Crippen LogP contribution in [-0.4, -0.2) is 55.6 Å². The van der Waals surface area contributed by atoms with Crippen molar-refractivity contribution in [2.45, 2.75) is 6.92 Å². The minimum Gasteiger partial charge on any atom is -0.382 e. The zero-order chi connectivity index (χ0) is 14.7. The van der Waals surface area contributed by atoms with E-state index in [9.17, 15) is 4.79 Å². The van der Waals surface area contributed by atoms with Crippen molar-refractivity contribution in [3.05, 3.63) is 17.0 Å². The zero-order valence-corrected chi connectivity index (χ0v) is 12.8. The van der Waals surface area contributed by atoms with Crippen LogP contribution in [0.25, 0.3) is 0 Å². The van der Waals surface area contributed by atoms with Gasteiger partial charge < -0.3 is 20.9 Å². The minimum atomic E-state index is -0.177. The fourth-order valence-corrected chi connectivity index (χ4v) is 2.88. The zero-order valence-electron chi connectivity index (χ0n) is 12.0. The Hall–Kier alpha value is -1.60. The predicted molar refractivity (Wildman–Crippen MR) is 83.4 cm³/mol. The molecule has 1 aromatic rings. The lowest BCUT2D eigenvalue weighted by Crippen LogP contribution is -2.44. The molecule has 6 nitrogen and oxygen atoms in total. The molecule has 1 aliphatic rings. The summed E-state index contributed by atoms with van der Waals surface area (Å²) in [6, 6.07) is 0. The van der Waals surface area contributed by atoms with E-state index in [1.165, 1.54) is 11.3 Å². The summed E-state index contributed by atoms with van der Waals surface area (Å²) in [7, 11) is 2.10. The standard InChI is InChI=1S/C13H21N5OS/c1-9(2)8-15-12(19)10-11(14)16-13(20-10)18-6-4-17(3)5-7-18/h1,4-8,14H2,2-3H3,(H,15,19). The number of hydrogen-bond donors (Lipinski definition) is 2. The van der Waals surface area contributed by atoms with Gasteiger partial charge >= 0.3 is 0 Å². The molecule has 0 unspecified atom stereocenters. The van der Waals surface area contributed by atoms with Crippen molar-refractivity contribution in [2.75, 3.05) is 50.4 Å². The molecule has 1 aliphatic heterocycles. The number of rotatable bonds is 4. The van der Waals surface area contributed by atoms with Crippen molar-refractivity contribution in [2.24, 2.45) is 0 Å². The van der Waals surface area contributed by atoms with Crippen LogP contribution in [0.1, 0.15) is 16.6 Å². The second-order valence-electron chi connectivity index (χ2n) is 5.14. The lowest BCUT2D eigenvalue weighted by atomic mass is 10.3. The van der Waals surface area contributed by atoms with Gasteiger partial charge in [0.05, 0.1) is 0 Å². The number of piperazine rings is 1. The van der Waals surface area contributed by atoms with Gasteiger partial charge in [-0.3, -0.25) is 4.79 Å². The van der Waals surface area contributed by atoms with Gasteiger partial charge in [0, 0.05) is 32.7 Å². The Morgan fingerprint density at radius 1 is 1.45 bits per heavy atom. The summed E-state index contributed by atoms with van der Waals surface area (Å²) in [4.78, 5) is 21.3. The molecule has 0 spiro atoms. The lowest BCUT2D eigenvalue weighted by Gasteiger charge is -2.31. The average Bonchev–Trinajstić information content (AvgIpc) is 2.79. The Morgan fingerprint density at radius 3 is 2.70 bits per heavy atom. The van der Waals surface area contributed by atoms with Crippen molar-refractivity contribution in [1.29, 1.82) is 0 Å². The molecular weight excluding hydrogens is 274 g/mol. The van der Waals surface area contributed by atoms with Crippen LogP contribution in [-0.2, 0) is 0 Å². The monoisotopic (exact) mass is 295 g/mol. The maximum Gasteiger partial charge on any atom is 0.265 e. The Morgan fingerprint density at radius 2 is 2.10 bits per heavy atom. The highest BCUT2D eigenvalue weighted by atomic mass is 32.1. The van der Waals surface area contributed by atoms with Gasteiger partial charge in [0.25, 0.3) is 5.91 Å². The van der Waals surface area contributed by atoms with Crippen molar-refractivity contribution in [1.82, 2.24) is 15.2 Å². The molecule has 1 fully saturated rings. The Bertz CT molecular complexity index is 505. The number of carbonyl (C=O) groups is 1. The maximum atomic E-state index is 12.0. The van der Waals surface area contributed by atoms with Crippen molar-refractivity contribution in [3.63, 3.8) is 0 Å². The largest absolute Gasteiger partial charge is 0.382 e. The molecule has 3 N–H and O–H groups in total. The quantitative estimate of drug-likeness (QED) is 0.803. The number of nitrogens with one attached hydrogen (secondary N) is 1. The fraction of sp³-hybridized carbons (Fsp3) is 0.538. The van der Waals surface area contributed by atoms with E-state index in [-0.39, 0.29) is 5.91 Å². The third-order valence-corrected chi connectivity index (χ3v) is 4.30. The molecule has 0 radical (unpaired) electrons. The maximum absolute atomic E-state index is 12.0. The lowest BCUT2D eigenvalue weighted by molar-refractivity contribution is 0.0961. The van der Waals surface area contributed by atoms with Gasteiger partial charge in [-0.2, -0.15) is 0 Å². The van der Waals surface area contributed by atoms with Crippen LogP contribution in [0, 0.1) is 0 Å². The van der Waals surface area contributed by atoms with E-state index in [4.69, 9.17) is 5.73 Å². The van der Waals surface area contributed by atoms with E-state index < -0.39 is 0 Å². The van der Waals surface area contributed by atoms with Crippen LogP contribution in [0.3, 0.4) is 0 Å². The molecule has 0 saturated carbocycles. The molecule has 110 valence electrons. The van der Waals surface area contributed by atoms with Crippen LogP contribution in [0.4, 0.5) is 10.9 Å². The number of thiazole rings is 1. The summed E-state index contributed by atoms with van der Waals surface area (Å²) in [5.41, 5.74) is 6.77. The minimum absolute atomic E-state index is 0.177. The van der Waals surface area contributed by atoms with E-state index in [0.717, 1.165) is 36.9 Å². The number of nitrogen functional groups attached to an aromatic ring is 1. The number of aromatic nitrogens is 1. The normalized spacial score (nSPS) is 16.2. The molecule has 2 rings (SSSR count). The smallest absolute Gasteiger partial charge is 0.265 e. The number of likely N-dealkylation sites (N-methyl/N-ethyl adjacent to an activating group) is 1. The molecule has 2 heterocycles. The number of nitrogens with zero attached hydrogens (tertiary/aromatic N) is 3. The molecule has 0 aliphatic carbocycles. The third-order valence-electron chi connectivity index (χ3n) is 3.17. The third kappa shape index (κ3) is 3.49. The highest BCUT2D eigenvalue weighted by Gasteiger charge is 2.21. The number of carbonyl (C=O) groups excluding carboxylic acids is 1. The van der Waals surface area contributed by atoms with Gasteiger partial charge in [-0.1, -0.05) is 23.5 Å². The van der Waals surface area contributed by atoms with Crippen LogP contribution in [0.2, 0.25) is 0 Å². The fourth-order valence-electron chi connectivity index (χ4n) is 1.93. The van der Waals surface area contributed by atoms with Crippen LogP contribution in [0.15, 0.2) is 12.2 Å². The first-order valence-corrected chi connectivity index (χ1v) is 7.41. The SMILES string of the molecule is C=C(C)CNC(=O)c1sc(N2CCN(C)CC2)nc1N. The summed E-state index contributed by atoms with van der Waals surface area (Å²) >= 11 is 1.36. The van der Waals surface area contributed by atoms with E-state index in [0.29, 0.717) is 17.2 Å². The van der Waals surface area contributed by atoms with E-state index >= 15 is 0 Å². The van der Waals surface area contributed by atoms with E-state index in [2.05, 4.69) is 33.7 Å². The molecular formula is C13H21N5OS. The molecule has 1 amide bonds. The van der Waals surface area contributed by atoms with E-state index in [1.807, 2.05) is 6.92 Å². The van der Waals surface area contributed by atoms with E-state index in [1.54, 1.807) is 0 Å². The molecule has 0 bridgehead atoms. The molecule has 20 heavy (non-hydrogen) atoms. The Labute approximate surface area is 123 Å². The van der Waals surface area contributed by atoms with Crippen molar-refractivity contribution >= 4 is 28.2 Å². The number of amides is 1. The van der Waals surface area contributed by atoms with Gasteiger partial charge in [0.15, 0.2) is 5.13 Å². The van der Waals surface area contributed by atoms with Crippen LogP contribution >= 0.6 is 11.3 Å². The number of anilines is 2.